The summed E-state index contributed by atoms with van der Waals surface area (Å²) in [5.74, 6) is -0.654. The van der Waals surface area contributed by atoms with Crippen LogP contribution in [0.5, 0.6) is 0 Å². The van der Waals surface area contributed by atoms with Crippen molar-refractivity contribution >= 4 is 5.97 Å². The van der Waals surface area contributed by atoms with Crippen LogP contribution in [0.4, 0.5) is 0 Å². The quantitative estimate of drug-likeness (QED) is 0.812. The van der Waals surface area contributed by atoms with Gasteiger partial charge >= 0.3 is 5.97 Å². The zero-order valence-corrected chi connectivity index (χ0v) is 11.3. The fraction of sp³-hybridized carbons (Fsp3) is 0.500. The van der Waals surface area contributed by atoms with E-state index in [2.05, 4.69) is 18.6 Å². The molecule has 0 heterocycles. The number of carbonyl (C=O) groups is 1. The molecule has 0 amide bonds. The molecule has 100 valence electrons. The first-order valence-corrected chi connectivity index (χ1v) is 5.77. The minimum absolute atomic E-state index is 0.108. The lowest BCUT2D eigenvalue weighted by molar-refractivity contribution is -0.150. The van der Waals surface area contributed by atoms with E-state index < -0.39 is 12.1 Å². The lowest BCUT2D eigenvalue weighted by Crippen LogP contribution is -2.23. The Morgan fingerprint density at radius 1 is 1.28 bits per heavy atom. The number of rotatable bonds is 5. The molecule has 18 heavy (non-hydrogen) atoms. The van der Waals surface area contributed by atoms with E-state index in [9.17, 15) is 9.90 Å². The molecule has 4 nitrogen and oxygen atoms in total. The van der Waals surface area contributed by atoms with Crippen molar-refractivity contribution in [3.8, 4) is 0 Å². The van der Waals surface area contributed by atoms with E-state index in [1.54, 1.807) is 19.2 Å². The van der Waals surface area contributed by atoms with E-state index in [1.807, 2.05) is 12.1 Å². The monoisotopic (exact) mass is 252 g/mol. The van der Waals surface area contributed by atoms with Gasteiger partial charge in [0.15, 0.2) is 6.10 Å². The van der Waals surface area contributed by atoms with Crippen molar-refractivity contribution in [2.75, 3.05) is 20.8 Å². The maximum atomic E-state index is 11.2. The van der Waals surface area contributed by atoms with Crippen LogP contribution in [0.3, 0.4) is 0 Å². The van der Waals surface area contributed by atoms with Gasteiger partial charge in [-0.15, -0.1) is 0 Å². The molecule has 0 fully saturated rings. The average Bonchev–Trinajstić information content (AvgIpc) is 2.37. The summed E-state index contributed by atoms with van der Waals surface area (Å²) in [4.78, 5) is 11.2. The second-order valence-electron chi connectivity index (χ2n) is 4.86. The smallest absolute Gasteiger partial charge is 0.339 e. The minimum Gasteiger partial charge on any atom is -0.467 e. The second kappa shape index (κ2) is 5.98. The van der Waals surface area contributed by atoms with Gasteiger partial charge in [0, 0.05) is 12.5 Å². The molecule has 1 aromatic rings. The zero-order chi connectivity index (χ0) is 13.8. The largest absolute Gasteiger partial charge is 0.467 e. The summed E-state index contributed by atoms with van der Waals surface area (Å²) >= 11 is 0. The number of hydrogen-bond acceptors (Lipinski definition) is 4. The summed E-state index contributed by atoms with van der Waals surface area (Å²) in [7, 11) is 2.92. The van der Waals surface area contributed by atoms with Crippen LogP contribution in [-0.2, 0) is 19.7 Å². The fourth-order valence-corrected chi connectivity index (χ4v) is 1.81. The van der Waals surface area contributed by atoms with Gasteiger partial charge < -0.3 is 14.6 Å². The lowest BCUT2D eigenvalue weighted by atomic mass is 9.85. The van der Waals surface area contributed by atoms with Gasteiger partial charge in [-0.25, -0.2) is 4.79 Å². The summed E-state index contributed by atoms with van der Waals surface area (Å²) in [5.41, 5.74) is 1.51. The molecule has 4 heteroatoms. The van der Waals surface area contributed by atoms with Gasteiger partial charge in [-0.3, -0.25) is 0 Å². The molecule has 0 saturated carbocycles. The van der Waals surface area contributed by atoms with Crippen molar-refractivity contribution in [3.05, 3.63) is 35.4 Å². The molecule has 1 rings (SSSR count). The predicted molar refractivity (Wildman–Crippen MR) is 68.3 cm³/mol. The summed E-state index contributed by atoms with van der Waals surface area (Å²) in [6.07, 6.45) is -1.23. The molecular weight excluding hydrogens is 232 g/mol. The molecule has 1 unspecified atom stereocenters. The Morgan fingerprint density at radius 2 is 1.83 bits per heavy atom. The minimum atomic E-state index is -1.23. The second-order valence-corrected chi connectivity index (χ2v) is 4.86. The Kier molecular flexibility index (Phi) is 4.87. The van der Waals surface area contributed by atoms with Crippen molar-refractivity contribution in [2.45, 2.75) is 25.4 Å². The highest BCUT2D eigenvalue weighted by Crippen LogP contribution is 2.25. The topological polar surface area (TPSA) is 55.8 Å². The number of methoxy groups -OCH3 is 2. The van der Waals surface area contributed by atoms with Gasteiger partial charge in [0.05, 0.1) is 13.7 Å². The first-order valence-electron chi connectivity index (χ1n) is 5.77. The van der Waals surface area contributed by atoms with Crippen molar-refractivity contribution in [2.24, 2.45) is 0 Å². The van der Waals surface area contributed by atoms with Gasteiger partial charge in [0.2, 0.25) is 0 Å². The molecule has 0 aromatic heterocycles. The molecule has 0 saturated heterocycles. The lowest BCUT2D eigenvalue weighted by Gasteiger charge is -2.24. The van der Waals surface area contributed by atoms with Gasteiger partial charge in [0.1, 0.15) is 0 Å². The van der Waals surface area contributed by atoms with Gasteiger partial charge in [-0.05, 0) is 11.1 Å². The highest BCUT2D eigenvalue weighted by molar-refractivity contribution is 5.76. The van der Waals surface area contributed by atoms with Crippen molar-refractivity contribution in [1.82, 2.24) is 0 Å². The van der Waals surface area contributed by atoms with Crippen molar-refractivity contribution < 1.29 is 19.4 Å². The first-order chi connectivity index (χ1) is 8.42. The summed E-state index contributed by atoms with van der Waals surface area (Å²) in [6.45, 7) is 4.75. The summed E-state index contributed by atoms with van der Waals surface area (Å²) < 4.78 is 9.66. The van der Waals surface area contributed by atoms with E-state index in [0.29, 0.717) is 12.2 Å². The van der Waals surface area contributed by atoms with Gasteiger partial charge in [-0.1, -0.05) is 38.1 Å². The Bertz CT molecular complexity index is 395. The molecule has 0 spiro atoms. The number of aliphatic hydroxyl groups is 1. The Labute approximate surface area is 108 Å². The normalized spacial score (nSPS) is 13.2. The highest BCUT2D eigenvalue weighted by Gasteiger charge is 2.22. The van der Waals surface area contributed by atoms with Gasteiger partial charge in [0.25, 0.3) is 0 Å². The summed E-state index contributed by atoms with van der Waals surface area (Å²) in [5, 5.41) is 9.69. The van der Waals surface area contributed by atoms with E-state index in [4.69, 9.17) is 4.74 Å². The third kappa shape index (κ3) is 3.31. The molecule has 1 aromatic carbocycles. The van der Waals surface area contributed by atoms with Crippen LogP contribution in [0.15, 0.2) is 24.3 Å². The third-order valence-electron chi connectivity index (χ3n) is 2.94. The van der Waals surface area contributed by atoms with Crippen LogP contribution >= 0.6 is 0 Å². The van der Waals surface area contributed by atoms with Crippen molar-refractivity contribution in [1.29, 1.82) is 0 Å². The molecule has 0 aliphatic rings. The standard InChI is InChI=1S/C14H20O4/c1-14(2,9-17-3)11-7-5-10(6-8-11)12(15)13(16)18-4/h5-8,12,15H,9H2,1-4H3. The SMILES string of the molecule is COCC(C)(C)c1ccc(C(O)C(=O)OC)cc1. The molecule has 0 aliphatic carbocycles. The predicted octanol–water partition coefficient (Wildman–Crippen LogP) is 1.82. The van der Waals surface area contributed by atoms with Crippen LogP contribution in [0.25, 0.3) is 0 Å². The highest BCUT2D eigenvalue weighted by atomic mass is 16.5. The van der Waals surface area contributed by atoms with Crippen LogP contribution in [0.2, 0.25) is 0 Å². The molecule has 1 atom stereocenters. The fourth-order valence-electron chi connectivity index (χ4n) is 1.81. The summed E-state index contributed by atoms with van der Waals surface area (Å²) in [6, 6.07) is 7.24. The first kappa shape index (κ1) is 14.7. The van der Waals surface area contributed by atoms with E-state index in [0.717, 1.165) is 5.56 Å². The van der Waals surface area contributed by atoms with Crippen LogP contribution < -0.4 is 0 Å². The number of carbonyl (C=O) groups excluding carboxylic acids is 1. The molecule has 0 bridgehead atoms. The number of esters is 1. The number of benzene rings is 1. The zero-order valence-electron chi connectivity index (χ0n) is 11.3. The van der Waals surface area contributed by atoms with E-state index in [-0.39, 0.29) is 5.41 Å². The number of ether oxygens (including phenoxy) is 2. The van der Waals surface area contributed by atoms with Crippen LogP contribution in [0.1, 0.15) is 31.1 Å². The Morgan fingerprint density at radius 3 is 2.28 bits per heavy atom. The van der Waals surface area contributed by atoms with Crippen LogP contribution in [0, 0.1) is 0 Å². The average molecular weight is 252 g/mol. The number of aliphatic hydroxyl groups excluding tert-OH is 1. The molecule has 0 aliphatic heterocycles. The van der Waals surface area contributed by atoms with Crippen LogP contribution in [-0.4, -0.2) is 31.9 Å². The maximum absolute atomic E-state index is 11.2. The Balaban J connectivity index is 2.89. The van der Waals surface area contributed by atoms with E-state index >= 15 is 0 Å². The van der Waals surface area contributed by atoms with Crippen molar-refractivity contribution in [3.63, 3.8) is 0 Å². The Hall–Kier alpha value is -1.39. The third-order valence-corrected chi connectivity index (χ3v) is 2.94. The van der Waals surface area contributed by atoms with E-state index in [1.165, 1.54) is 7.11 Å². The molecular formula is C14H20O4. The van der Waals surface area contributed by atoms with Gasteiger partial charge in [-0.2, -0.15) is 0 Å². The molecule has 1 N–H and O–H groups in total. The number of hydrogen-bond donors (Lipinski definition) is 1. The maximum Gasteiger partial charge on any atom is 0.339 e. The molecule has 0 radical (unpaired) electrons.